The summed E-state index contributed by atoms with van der Waals surface area (Å²) in [6, 6.07) is 3.22. The van der Waals surface area contributed by atoms with E-state index in [4.69, 9.17) is 25.6 Å². The van der Waals surface area contributed by atoms with Crippen molar-refractivity contribution < 1.29 is 33.0 Å². The fraction of sp³-hybridized carbons (Fsp3) is 0.273. The Labute approximate surface area is 119 Å². The van der Waals surface area contributed by atoms with Gasteiger partial charge in [0.25, 0.3) is 9.05 Å². The Morgan fingerprint density at radius 3 is 2.40 bits per heavy atom. The van der Waals surface area contributed by atoms with Crippen molar-refractivity contribution in [2.75, 3.05) is 6.61 Å². The predicted octanol–water partition coefficient (Wildman–Crippen LogP) is 1.56. The van der Waals surface area contributed by atoms with Crippen LogP contribution in [0.1, 0.15) is 23.2 Å². The number of aromatic carboxylic acids is 1. The molecule has 0 amide bonds. The minimum Gasteiger partial charge on any atom is -0.492 e. The summed E-state index contributed by atoms with van der Waals surface area (Å²) in [5.41, 5.74) is -0.248. The average molecular weight is 323 g/mol. The molecule has 0 unspecified atom stereocenters. The number of halogens is 1. The zero-order valence-corrected chi connectivity index (χ0v) is 11.6. The monoisotopic (exact) mass is 322 g/mol. The topological polar surface area (TPSA) is 118 Å². The van der Waals surface area contributed by atoms with Crippen LogP contribution < -0.4 is 4.74 Å². The zero-order chi connectivity index (χ0) is 15.3. The van der Waals surface area contributed by atoms with Gasteiger partial charge >= 0.3 is 11.9 Å². The Morgan fingerprint density at radius 2 is 1.90 bits per heavy atom. The van der Waals surface area contributed by atoms with Crippen molar-refractivity contribution in [2.45, 2.75) is 17.7 Å². The van der Waals surface area contributed by atoms with Crippen molar-refractivity contribution in [3.05, 3.63) is 23.8 Å². The summed E-state index contributed by atoms with van der Waals surface area (Å²) >= 11 is 0. The Morgan fingerprint density at radius 1 is 1.25 bits per heavy atom. The molecule has 0 saturated carbocycles. The summed E-state index contributed by atoms with van der Waals surface area (Å²) in [6.07, 6.45) is 0.0496. The molecule has 0 aliphatic carbocycles. The number of benzene rings is 1. The van der Waals surface area contributed by atoms with Gasteiger partial charge in [0.1, 0.15) is 10.6 Å². The van der Waals surface area contributed by atoms with E-state index in [9.17, 15) is 18.0 Å². The van der Waals surface area contributed by atoms with Gasteiger partial charge in [0.2, 0.25) is 0 Å². The molecule has 7 nitrogen and oxygen atoms in total. The molecule has 0 aliphatic heterocycles. The van der Waals surface area contributed by atoms with Gasteiger partial charge in [0.15, 0.2) is 0 Å². The lowest BCUT2D eigenvalue weighted by Crippen LogP contribution is -2.06. The van der Waals surface area contributed by atoms with E-state index in [0.29, 0.717) is 0 Å². The smallest absolute Gasteiger partial charge is 0.335 e. The normalized spacial score (nSPS) is 11.1. The molecule has 9 heteroatoms. The molecule has 0 saturated heterocycles. The van der Waals surface area contributed by atoms with Gasteiger partial charge in [-0.15, -0.1) is 0 Å². The minimum atomic E-state index is -4.18. The van der Waals surface area contributed by atoms with E-state index >= 15 is 0 Å². The van der Waals surface area contributed by atoms with Crippen LogP contribution in [0, 0.1) is 0 Å². The van der Waals surface area contributed by atoms with E-state index in [0.717, 1.165) is 6.07 Å². The molecular formula is C11H11ClO7S. The third kappa shape index (κ3) is 4.71. The maximum atomic E-state index is 11.4. The van der Waals surface area contributed by atoms with Gasteiger partial charge in [-0.25, -0.2) is 13.2 Å². The van der Waals surface area contributed by atoms with Crippen molar-refractivity contribution in [3.63, 3.8) is 0 Å². The lowest BCUT2D eigenvalue weighted by Gasteiger charge is -2.09. The summed E-state index contributed by atoms with van der Waals surface area (Å²) in [5, 5.41) is 17.3. The number of rotatable bonds is 7. The van der Waals surface area contributed by atoms with Gasteiger partial charge in [-0.1, -0.05) is 0 Å². The van der Waals surface area contributed by atoms with Crippen LogP contribution in [0.25, 0.3) is 0 Å². The summed E-state index contributed by atoms with van der Waals surface area (Å²) < 4.78 is 27.9. The highest BCUT2D eigenvalue weighted by molar-refractivity contribution is 8.13. The van der Waals surface area contributed by atoms with E-state index < -0.39 is 25.9 Å². The average Bonchev–Trinajstić information content (AvgIpc) is 2.33. The molecule has 20 heavy (non-hydrogen) atoms. The van der Waals surface area contributed by atoms with E-state index in [1.807, 2.05) is 0 Å². The number of ether oxygens (including phenoxy) is 1. The molecule has 0 radical (unpaired) electrons. The van der Waals surface area contributed by atoms with Crippen LogP contribution in [-0.2, 0) is 13.8 Å². The fourth-order valence-corrected chi connectivity index (χ4v) is 2.35. The van der Waals surface area contributed by atoms with Gasteiger partial charge in [0, 0.05) is 17.1 Å². The van der Waals surface area contributed by atoms with Crippen molar-refractivity contribution in [2.24, 2.45) is 0 Å². The fourth-order valence-electron chi connectivity index (χ4n) is 1.36. The zero-order valence-electron chi connectivity index (χ0n) is 10.1. The summed E-state index contributed by atoms with van der Waals surface area (Å²) in [5.74, 6) is -2.42. The molecule has 0 aromatic heterocycles. The first-order chi connectivity index (χ1) is 9.21. The summed E-state index contributed by atoms with van der Waals surface area (Å²) in [6.45, 7) is -0.0296. The first-order valence-corrected chi connectivity index (χ1v) is 7.69. The third-order valence-corrected chi connectivity index (χ3v) is 3.59. The van der Waals surface area contributed by atoms with Gasteiger partial charge < -0.3 is 14.9 Å². The second kappa shape index (κ2) is 6.58. The maximum Gasteiger partial charge on any atom is 0.335 e. The van der Waals surface area contributed by atoms with Crippen LogP contribution in [0.5, 0.6) is 5.75 Å². The molecule has 0 aliphatic rings. The van der Waals surface area contributed by atoms with E-state index in [1.165, 1.54) is 12.1 Å². The Hall–Kier alpha value is -1.80. The SMILES string of the molecule is O=C(O)CCCOc1ccc(C(=O)O)cc1S(=O)(=O)Cl. The molecule has 0 heterocycles. The highest BCUT2D eigenvalue weighted by Crippen LogP contribution is 2.28. The largest absolute Gasteiger partial charge is 0.492 e. The first kappa shape index (κ1) is 16.3. The van der Waals surface area contributed by atoms with Crippen LogP contribution in [0.3, 0.4) is 0 Å². The molecule has 2 N–H and O–H groups in total. The van der Waals surface area contributed by atoms with Crippen LogP contribution >= 0.6 is 10.7 Å². The first-order valence-electron chi connectivity index (χ1n) is 5.38. The van der Waals surface area contributed by atoms with E-state index in [-0.39, 0.29) is 30.8 Å². The van der Waals surface area contributed by atoms with Crippen LogP contribution in [0.15, 0.2) is 23.1 Å². The van der Waals surface area contributed by atoms with Crippen LogP contribution in [0.4, 0.5) is 0 Å². The van der Waals surface area contributed by atoms with Gasteiger partial charge in [0.05, 0.1) is 12.2 Å². The Bertz CT molecular complexity index is 624. The number of aliphatic carboxylic acids is 1. The standard InChI is InChI=1S/C11H11ClO7S/c12-20(17,18)9-6-7(11(15)16)3-4-8(9)19-5-1-2-10(13)14/h3-4,6H,1-2,5H2,(H,13,14)(H,15,16). The summed E-state index contributed by atoms with van der Waals surface area (Å²) in [4.78, 5) is 20.6. The van der Waals surface area contributed by atoms with Crippen LogP contribution in [-0.4, -0.2) is 37.2 Å². The molecule has 0 bridgehead atoms. The number of hydrogen-bond donors (Lipinski definition) is 2. The molecule has 0 atom stereocenters. The number of carbonyl (C=O) groups is 2. The molecule has 0 spiro atoms. The molecule has 1 aromatic rings. The number of carboxylic acids is 2. The Balaban J connectivity index is 2.95. The number of hydrogen-bond acceptors (Lipinski definition) is 5. The van der Waals surface area contributed by atoms with E-state index in [1.54, 1.807) is 0 Å². The maximum absolute atomic E-state index is 11.4. The number of carboxylic acid groups (broad SMARTS) is 2. The van der Waals surface area contributed by atoms with Crippen molar-refractivity contribution in [3.8, 4) is 5.75 Å². The Kier molecular flexibility index (Phi) is 5.34. The van der Waals surface area contributed by atoms with Crippen molar-refractivity contribution in [1.82, 2.24) is 0 Å². The highest BCUT2D eigenvalue weighted by atomic mass is 35.7. The second-order valence-corrected chi connectivity index (χ2v) is 6.28. The third-order valence-electron chi connectivity index (χ3n) is 2.25. The van der Waals surface area contributed by atoms with E-state index in [2.05, 4.69) is 0 Å². The molecule has 1 rings (SSSR count). The second-order valence-electron chi connectivity index (χ2n) is 3.75. The molecule has 0 fully saturated rings. The van der Waals surface area contributed by atoms with Gasteiger partial charge in [-0.2, -0.15) is 0 Å². The lowest BCUT2D eigenvalue weighted by atomic mass is 10.2. The predicted molar refractivity (Wildman–Crippen MR) is 68.8 cm³/mol. The minimum absolute atomic E-state index is 0.0296. The highest BCUT2D eigenvalue weighted by Gasteiger charge is 2.19. The van der Waals surface area contributed by atoms with Crippen molar-refractivity contribution >= 4 is 31.7 Å². The van der Waals surface area contributed by atoms with Gasteiger partial charge in [-0.05, 0) is 24.6 Å². The molecule has 1 aromatic carbocycles. The van der Waals surface area contributed by atoms with Crippen LogP contribution in [0.2, 0.25) is 0 Å². The van der Waals surface area contributed by atoms with Crippen molar-refractivity contribution in [1.29, 1.82) is 0 Å². The lowest BCUT2D eigenvalue weighted by molar-refractivity contribution is -0.137. The molecule has 110 valence electrons. The quantitative estimate of drug-likeness (QED) is 0.577. The molecular weight excluding hydrogens is 312 g/mol. The summed E-state index contributed by atoms with van der Waals surface area (Å²) in [7, 11) is 1.03. The van der Waals surface area contributed by atoms with Gasteiger partial charge in [-0.3, -0.25) is 4.79 Å².